The van der Waals surface area contributed by atoms with Gasteiger partial charge in [-0.2, -0.15) is 0 Å². The molecule has 0 spiro atoms. The van der Waals surface area contributed by atoms with Crippen molar-refractivity contribution in [2.45, 2.75) is 65.3 Å². The largest absolute Gasteiger partial charge is 0.421 e. The first kappa shape index (κ1) is 18.2. The zero-order valence-electron chi connectivity index (χ0n) is 16.5. The summed E-state index contributed by atoms with van der Waals surface area (Å²) in [6, 6.07) is 10.1. The predicted molar refractivity (Wildman–Crippen MR) is 104 cm³/mol. The van der Waals surface area contributed by atoms with Gasteiger partial charge in [-0.05, 0) is 54.6 Å². The van der Waals surface area contributed by atoms with Crippen LogP contribution < -0.4 is 5.32 Å². The third-order valence-corrected chi connectivity index (χ3v) is 7.41. The lowest BCUT2D eigenvalue weighted by Gasteiger charge is -2.39. The van der Waals surface area contributed by atoms with Gasteiger partial charge in [0.1, 0.15) is 0 Å². The summed E-state index contributed by atoms with van der Waals surface area (Å²) in [4.78, 5) is 12.5. The maximum atomic E-state index is 12.5. The second-order valence-electron chi connectivity index (χ2n) is 8.95. The number of amides is 1. The maximum Gasteiger partial charge on any atom is 0.247 e. The minimum Gasteiger partial charge on any atom is -0.421 e. The normalized spacial score (nSPS) is 28.4. The Morgan fingerprint density at radius 2 is 2.00 bits per heavy atom. The Morgan fingerprint density at radius 3 is 2.67 bits per heavy atom. The molecule has 1 heterocycles. The van der Waals surface area contributed by atoms with Gasteiger partial charge in [0.05, 0.1) is 0 Å². The number of carbonyl (C=O) groups excluding carboxylic acids is 1. The van der Waals surface area contributed by atoms with Crippen molar-refractivity contribution in [1.82, 2.24) is 15.5 Å². The van der Waals surface area contributed by atoms with Crippen LogP contribution in [0.15, 0.2) is 34.7 Å². The first-order valence-corrected chi connectivity index (χ1v) is 10.1. The molecule has 4 rings (SSSR count). The number of aryl methyl sites for hydroxylation is 1. The maximum absolute atomic E-state index is 12.5. The second-order valence-corrected chi connectivity index (χ2v) is 8.95. The Balaban J connectivity index is 1.27. The summed E-state index contributed by atoms with van der Waals surface area (Å²) >= 11 is 0. The molecule has 1 aromatic carbocycles. The van der Waals surface area contributed by atoms with Crippen LogP contribution in [0.25, 0.3) is 11.5 Å². The fourth-order valence-corrected chi connectivity index (χ4v) is 5.14. The van der Waals surface area contributed by atoms with E-state index in [2.05, 4.69) is 36.3 Å². The third-order valence-electron chi connectivity index (χ3n) is 7.41. The molecule has 144 valence electrons. The molecular weight excluding hydrogens is 338 g/mol. The highest BCUT2D eigenvalue weighted by Crippen LogP contribution is 2.65. The Labute approximate surface area is 160 Å². The molecule has 2 fully saturated rings. The average molecular weight is 367 g/mol. The van der Waals surface area contributed by atoms with Gasteiger partial charge >= 0.3 is 0 Å². The summed E-state index contributed by atoms with van der Waals surface area (Å²) in [7, 11) is 0. The monoisotopic (exact) mass is 367 g/mol. The minimum absolute atomic E-state index is 0.146. The molecule has 2 aliphatic rings. The van der Waals surface area contributed by atoms with Gasteiger partial charge in [-0.1, -0.05) is 39.0 Å². The molecule has 5 nitrogen and oxygen atoms in total. The van der Waals surface area contributed by atoms with Crippen molar-refractivity contribution in [3.8, 4) is 11.5 Å². The van der Waals surface area contributed by atoms with Gasteiger partial charge in [0.2, 0.25) is 17.7 Å². The molecule has 0 aliphatic heterocycles. The van der Waals surface area contributed by atoms with Crippen molar-refractivity contribution in [2.75, 3.05) is 0 Å². The molecule has 2 bridgehead atoms. The van der Waals surface area contributed by atoms with Crippen LogP contribution in [0.1, 0.15) is 58.8 Å². The number of nitrogens with one attached hydrogen (secondary N) is 1. The molecule has 0 unspecified atom stereocenters. The van der Waals surface area contributed by atoms with Crippen molar-refractivity contribution in [1.29, 1.82) is 0 Å². The fraction of sp³-hybridized carbons (Fsp3) is 0.591. The zero-order valence-corrected chi connectivity index (χ0v) is 16.5. The van der Waals surface area contributed by atoms with E-state index >= 15 is 0 Å². The smallest absolute Gasteiger partial charge is 0.247 e. The molecule has 0 radical (unpaired) electrons. The van der Waals surface area contributed by atoms with Gasteiger partial charge in [0.25, 0.3) is 0 Å². The Bertz CT molecular complexity index is 814. The van der Waals surface area contributed by atoms with E-state index in [1.165, 1.54) is 12.8 Å². The van der Waals surface area contributed by atoms with E-state index < -0.39 is 0 Å². The number of hydrogen-bond donors (Lipinski definition) is 1. The standard InChI is InChI=1S/C22H29N3O2/c1-21(2)16-12-13-22(21,3)17(14-16)23-18(26)10-7-11-19-24-25-20(27-19)15-8-5-4-6-9-15/h4-6,8-9,16-17H,7,10-14H2,1-3H3,(H,23,26)/t16-,17-,22-/m0/s1. The van der Waals surface area contributed by atoms with E-state index in [0.717, 1.165) is 24.3 Å². The van der Waals surface area contributed by atoms with Crippen molar-refractivity contribution < 1.29 is 9.21 Å². The van der Waals surface area contributed by atoms with E-state index in [1.807, 2.05) is 30.3 Å². The lowest BCUT2D eigenvalue weighted by molar-refractivity contribution is -0.122. The quantitative estimate of drug-likeness (QED) is 0.822. The van der Waals surface area contributed by atoms with Crippen LogP contribution in [0.4, 0.5) is 0 Å². The third kappa shape index (κ3) is 3.17. The number of benzene rings is 1. The van der Waals surface area contributed by atoms with Crippen molar-refractivity contribution in [2.24, 2.45) is 16.7 Å². The molecule has 1 N–H and O–H groups in total. The summed E-state index contributed by atoms with van der Waals surface area (Å²) in [5.74, 6) is 2.01. The molecule has 2 saturated carbocycles. The van der Waals surface area contributed by atoms with E-state index in [1.54, 1.807) is 0 Å². The molecule has 1 aromatic heterocycles. The molecule has 1 amide bonds. The molecule has 0 saturated heterocycles. The summed E-state index contributed by atoms with van der Waals surface area (Å²) in [5, 5.41) is 11.5. The van der Waals surface area contributed by atoms with Crippen LogP contribution >= 0.6 is 0 Å². The number of carbonyl (C=O) groups is 1. The summed E-state index contributed by atoms with van der Waals surface area (Å²) < 4.78 is 5.71. The van der Waals surface area contributed by atoms with E-state index in [0.29, 0.717) is 36.1 Å². The number of hydrogen-bond acceptors (Lipinski definition) is 4. The van der Waals surface area contributed by atoms with Crippen LogP contribution in [-0.2, 0) is 11.2 Å². The molecule has 5 heteroatoms. The van der Waals surface area contributed by atoms with Crippen LogP contribution in [-0.4, -0.2) is 22.1 Å². The number of fused-ring (bicyclic) bond motifs is 2. The topological polar surface area (TPSA) is 68.0 Å². The van der Waals surface area contributed by atoms with Crippen LogP contribution in [0, 0.1) is 16.7 Å². The summed E-state index contributed by atoms with van der Waals surface area (Å²) in [6.07, 6.45) is 5.50. The second kappa shape index (κ2) is 6.77. The Morgan fingerprint density at radius 1 is 1.22 bits per heavy atom. The number of rotatable bonds is 6. The highest BCUT2D eigenvalue weighted by atomic mass is 16.4. The average Bonchev–Trinajstić information content (AvgIpc) is 3.25. The van der Waals surface area contributed by atoms with Crippen LogP contribution in [0.5, 0.6) is 0 Å². The first-order chi connectivity index (χ1) is 12.9. The first-order valence-electron chi connectivity index (χ1n) is 10.1. The SMILES string of the molecule is CC1(C)[C@H]2CC[C@@]1(C)[C@@H](NC(=O)CCCc1nnc(-c3ccccc3)o1)C2. The van der Waals surface area contributed by atoms with Gasteiger partial charge < -0.3 is 9.73 Å². The van der Waals surface area contributed by atoms with Gasteiger partial charge in [-0.15, -0.1) is 10.2 Å². The van der Waals surface area contributed by atoms with E-state index in [-0.39, 0.29) is 11.3 Å². The lowest BCUT2D eigenvalue weighted by atomic mass is 9.69. The van der Waals surface area contributed by atoms with Gasteiger partial charge in [0, 0.05) is 24.4 Å². The summed E-state index contributed by atoms with van der Waals surface area (Å²) in [5.41, 5.74) is 1.47. The highest BCUT2D eigenvalue weighted by Gasteiger charge is 2.61. The number of nitrogens with zero attached hydrogens (tertiary/aromatic N) is 2. The molecule has 27 heavy (non-hydrogen) atoms. The molecular formula is C22H29N3O2. The minimum atomic E-state index is 0.146. The van der Waals surface area contributed by atoms with Gasteiger partial charge in [-0.3, -0.25) is 4.79 Å². The molecule has 3 atom stereocenters. The fourth-order valence-electron chi connectivity index (χ4n) is 5.14. The van der Waals surface area contributed by atoms with Gasteiger partial charge in [-0.25, -0.2) is 0 Å². The highest BCUT2D eigenvalue weighted by molar-refractivity contribution is 5.76. The lowest BCUT2D eigenvalue weighted by Crippen LogP contribution is -2.46. The van der Waals surface area contributed by atoms with Crippen molar-refractivity contribution >= 4 is 5.91 Å². The van der Waals surface area contributed by atoms with Crippen molar-refractivity contribution in [3.05, 3.63) is 36.2 Å². The van der Waals surface area contributed by atoms with E-state index in [9.17, 15) is 4.79 Å². The Kier molecular flexibility index (Phi) is 4.57. The van der Waals surface area contributed by atoms with Gasteiger partial charge in [0.15, 0.2) is 0 Å². The zero-order chi connectivity index (χ0) is 19.1. The predicted octanol–water partition coefficient (Wildman–Crippen LogP) is 4.39. The Hall–Kier alpha value is -2.17. The number of aromatic nitrogens is 2. The molecule has 2 aliphatic carbocycles. The summed E-state index contributed by atoms with van der Waals surface area (Å²) in [6.45, 7) is 7.10. The molecule has 2 aromatic rings. The van der Waals surface area contributed by atoms with Crippen LogP contribution in [0.2, 0.25) is 0 Å². The van der Waals surface area contributed by atoms with Crippen molar-refractivity contribution in [3.63, 3.8) is 0 Å². The van der Waals surface area contributed by atoms with Crippen LogP contribution in [0.3, 0.4) is 0 Å². The van der Waals surface area contributed by atoms with E-state index in [4.69, 9.17) is 4.42 Å².